The Morgan fingerprint density at radius 1 is 1.62 bits per heavy atom. The van der Waals surface area contributed by atoms with Crippen molar-refractivity contribution in [2.45, 2.75) is 12.8 Å². The van der Waals surface area contributed by atoms with E-state index in [-0.39, 0.29) is 5.78 Å². The zero-order valence-electron chi connectivity index (χ0n) is 4.48. The standard InChI is InChI=1S/C7H6O/c1-2-6-3-4-7(8)5-6/h1,5H,3-4H2. The largest absolute Gasteiger partial charge is 0.295 e. The van der Waals surface area contributed by atoms with Crippen LogP contribution < -0.4 is 0 Å². The highest BCUT2D eigenvalue weighted by molar-refractivity contribution is 5.93. The van der Waals surface area contributed by atoms with Crippen molar-refractivity contribution in [2.24, 2.45) is 0 Å². The molecule has 0 atom stereocenters. The molecule has 0 aromatic carbocycles. The fraction of sp³-hybridized carbons (Fsp3) is 0.286. The van der Waals surface area contributed by atoms with Crippen molar-refractivity contribution in [2.75, 3.05) is 0 Å². The van der Waals surface area contributed by atoms with Crippen LogP contribution in [0.2, 0.25) is 0 Å². The number of allylic oxidation sites excluding steroid dienone is 2. The summed E-state index contributed by atoms with van der Waals surface area (Å²) in [5, 5.41) is 0. The van der Waals surface area contributed by atoms with Crippen LogP contribution in [0, 0.1) is 12.3 Å². The van der Waals surface area contributed by atoms with Crippen LogP contribution in [0.15, 0.2) is 11.6 Å². The SMILES string of the molecule is C#CC1=CC(=O)CC1. The predicted octanol–water partition coefficient (Wildman–Crippen LogP) is 0.909. The second-order valence-corrected chi connectivity index (χ2v) is 1.78. The first-order valence-electron chi connectivity index (χ1n) is 2.53. The lowest BCUT2D eigenvalue weighted by Crippen LogP contribution is -1.80. The Hall–Kier alpha value is -1.03. The van der Waals surface area contributed by atoms with Crippen LogP contribution in [0.25, 0.3) is 0 Å². The monoisotopic (exact) mass is 106 g/mol. The summed E-state index contributed by atoms with van der Waals surface area (Å²) in [4.78, 5) is 10.4. The first-order chi connectivity index (χ1) is 3.83. The molecule has 8 heavy (non-hydrogen) atoms. The van der Waals surface area contributed by atoms with Gasteiger partial charge in [0.1, 0.15) is 0 Å². The molecular formula is C7H6O. The summed E-state index contributed by atoms with van der Waals surface area (Å²) in [6.45, 7) is 0. The molecule has 1 nitrogen and oxygen atoms in total. The second-order valence-electron chi connectivity index (χ2n) is 1.78. The summed E-state index contributed by atoms with van der Waals surface area (Å²) in [6, 6.07) is 0. The van der Waals surface area contributed by atoms with Crippen molar-refractivity contribution in [3.63, 3.8) is 0 Å². The van der Waals surface area contributed by atoms with Crippen molar-refractivity contribution in [3.05, 3.63) is 11.6 Å². The van der Waals surface area contributed by atoms with E-state index in [1.54, 1.807) is 6.08 Å². The normalized spacial score (nSPS) is 17.9. The molecule has 0 spiro atoms. The number of rotatable bonds is 0. The number of carbonyl (C=O) groups excluding carboxylic acids is 1. The second kappa shape index (κ2) is 1.83. The van der Waals surface area contributed by atoms with Crippen LogP contribution in [-0.4, -0.2) is 5.78 Å². The number of terminal acetylenes is 1. The van der Waals surface area contributed by atoms with E-state index in [0.29, 0.717) is 6.42 Å². The first-order valence-corrected chi connectivity index (χ1v) is 2.53. The van der Waals surface area contributed by atoms with Gasteiger partial charge in [-0.15, -0.1) is 6.42 Å². The molecule has 1 heteroatoms. The quantitative estimate of drug-likeness (QED) is 0.419. The summed E-state index contributed by atoms with van der Waals surface area (Å²) < 4.78 is 0. The van der Waals surface area contributed by atoms with Crippen molar-refractivity contribution >= 4 is 5.78 Å². The van der Waals surface area contributed by atoms with Gasteiger partial charge >= 0.3 is 0 Å². The smallest absolute Gasteiger partial charge is 0.156 e. The minimum Gasteiger partial charge on any atom is -0.295 e. The van der Waals surface area contributed by atoms with Crippen LogP contribution >= 0.6 is 0 Å². The molecule has 0 heterocycles. The van der Waals surface area contributed by atoms with E-state index in [0.717, 1.165) is 12.0 Å². The van der Waals surface area contributed by atoms with Crippen molar-refractivity contribution in [1.82, 2.24) is 0 Å². The van der Waals surface area contributed by atoms with Gasteiger partial charge in [-0.05, 0) is 12.5 Å². The van der Waals surface area contributed by atoms with E-state index in [9.17, 15) is 4.79 Å². The number of hydrogen-bond acceptors (Lipinski definition) is 1. The van der Waals surface area contributed by atoms with Crippen molar-refractivity contribution in [3.8, 4) is 12.3 Å². The first kappa shape index (κ1) is 5.11. The molecular weight excluding hydrogens is 100 g/mol. The Labute approximate surface area is 48.4 Å². The maximum absolute atomic E-state index is 10.4. The van der Waals surface area contributed by atoms with Gasteiger partial charge in [-0.2, -0.15) is 0 Å². The van der Waals surface area contributed by atoms with Crippen LogP contribution in [0.3, 0.4) is 0 Å². The van der Waals surface area contributed by atoms with Gasteiger partial charge in [-0.1, -0.05) is 5.92 Å². The fourth-order valence-electron chi connectivity index (χ4n) is 0.710. The zero-order valence-corrected chi connectivity index (χ0v) is 4.48. The fourth-order valence-corrected chi connectivity index (χ4v) is 0.710. The lowest BCUT2D eigenvalue weighted by molar-refractivity contribution is -0.114. The van der Waals surface area contributed by atoms with Gasteiger partial charge in [0.2, 0.25) is 0 Å². The summed E-state index contributed by atoms with van der Waals surface area (Å²) in [5.41, 5.74) is 0.843. The van der Waals surface area contributed by atoms with Gasteiger partial charge in [-0.3, -0.25) is 4.79 Å². The number of ketones is 1. The molecule has 0 unspecified atom stereocenters. The topological polar surface area (TPSA) is 17.1 Å². The van der Waals surface area contributed by atoms with Gasteiger partial charge in [0, 0.05) is 12.0 Å². The van der Waals surface area contributed by atoms with Gasteiger partial charge in [0.05, 0.1) is 0 Å². The molecule has 1 rings (SSSR count). The summed E-state index contributed by atoms with van der Waals surface area (Å²) >= 11 is 0. The van der Waals surface area contributed by atoms with Crippen LogP contribution in [0.4, 0.5) is 0 Å². The van der Waals surface area contributed by atoms with Crippen molar-refractivity contribution < 1.29 is 4.79 Å². The van der Waals surface area contributed by atoms with E-state index in [2.05, 4.69) is 5.92 Å². The van der Waals surface area contributed by atoms with E-state index in [1.807, 2.05) is 0 Å². The summed E-state index contributed by atoms with van der Waals surface area (Å²) in [5.74, 6) is 2.60. The molecule has 0 N–H and O–H groups in total. The average Bonchev–Trinajstić information content (AvgIpc) is 2.14. The molecule has 1 aliphatic carbocycles. The van der Waals surface area contributed by atoms with Gasteiger partial charge in [-0.25, -0.2) is 0 Å². The third-order valence-electron chi connectivity index (χ3n) is 1.16. The van der Waals surface area contributed by atoms with Gasteiger partial charge in [0.15, 0.2) is 5.78 Å². The van der Waals surface area contributed by atoms with E-state index in [1.165, 1.54) is 0 Å². The minimum absolute atomic E-state index is 0.165. The molecule has 40 valence electrons. The van der Waals surface area contributed by atoms with Crippen molar-refractivity contribution in [1.29, 1.82) is 0 Å². The Morgan fingerprint density at radius 2 is 2.38 bits per heavy atom. The molecule has 0 amide bonds. The maximum Gasteiger partial charge on any atom is 0.156 e. The minimum atomic E-state index is 0.165. The number of hydrogen-bond donors (Lipinski definition) is 0. The number of carbonyl (C=O) groups is 1. The molecule has 0 aromatic rings. The highest BCUT2D eigenvalue weighted by atomic mass is 16.1. The molecule has 0 aliphatic heterocycles. The third kappa shape index (κ3) is 0.788. The summed E-state index contributed by atoms with van der Waals surface area (Å²) in [6.07, 6.45) is 7.95. The third-order valence-corrected chi connectivity index (χ3v) is 1.16. The molecule has 0 saturated carbocycles. The molecule has 0 bridgehead atoms. The zero-order chi connectivity index (χ0) is 5.98. The Kier molecular flexibility index (Phi) is 1.17. The molecule has 0 saturated heterocycles. The van der Waals surface area contributed by atoms with E-state index < -0.39 is 0 Å². The maximum atomic E-state index is 10.4. The molecule has 1 aliphatic rings. The Balaban J connectivity index is 2.75. The molecule has 0 aromatic heterocycles. The highest BCUT2D eigenvalue weighted by Gasteiger charge is 2.08. The summed E-state index contributed by atoms with van der Waals surface area (Å²) in [7, 11) is 0. The molecule has 0 radical (unpaired) electrons. The lowest BCUT2D eigenvalue weighted by Gasteiger charge is -1.78. The van der Waals surface area contributed by atoms with Gasteiger partial charge < -0.3 is 0 Å². The van der Waals surface area contributed by atoms with Crippen LogP contribution in [-0.2, 0) is 4.79 Å². The lowest BCUT2D eigenvalue weighted by atomic mass is 10.2. The van der Waals surface area contributed by atoms with Gasteiger partial charge in [0.25, 0.3) is 0 Å². The Morgan fingerprint density at radius 3 is 2.62 bits per heavy atom. The van der Waals surface area contributed by atoms with E-state index >= 15 is 0 Å². The molecule has 0 fully saturated rings. The van der Waals surface area contributed by atoms with E-state index in [4.69, 9.17) is 6.42 Å². The predicted molar refractivity (Wildman–Crippen MR) is 31.2 cm³/mol. The van der Waals surface area contributed by atoms with Crippen LogP contribution in [0.5, 0.6) is 0 Å². The Bertz CT molecular complexity index is 181. The van der Waals surface area contributed by atoms with Crippen LogP contribution in [0.1, 0.15) is 12.8 Å². The average molecular weight is 106 g/mol. The highest BCUT2D eigenvalue weighted by Crippen LogP contribution is 2.12.